The van der Waals surface area contributed by atoms with Crippen LogP contribution < -0.4 is 0 Å². The molecule has 0 aromatic carbocycles. The van der Waals surface area contributed by atoms with Crippen molar-refractivity contribution < 1.29 is 10.5 Å². The van der Waals surface area contributed by atoms with Gasteiger partial charge in [0.2, 0.25) is 0 Å². The summed E-state index contributed by atoms with van der Waals surface area (Å²) in [4.78, 5) is 0. The molecular formula is C2H8BO2S. The highest BCUT2D eigenvalue weighted by molar-refractivity contribution is 7.97. The van der Waals surface area contributed by atoms with E-state index in [4.69, 9.17) is 10.5 Å². The van der Waals surface area contributed by atoms with E-state index in [1.54, 1.807) is 11.8 Å². The smallest absolute Gasteiger partial charge is 0 e. The summed E-state index contributed by atoms with van der Waals surface area (Å²) in [5.41, 5.74) is 0. The van der Waals surface area contributed by atoms with E-state index in [1.165, 1.54) is 0 Å². The highest BCUT2D eigenvalue weighted by Gasteiger charge is 1.32. The zero-order chi connectivity index (χ0) is 4.71. The molecule has 0 aliphatic carbocycles. The third-order valence-corrected chi connectivity index (χ3v) is 0. The third-order valence-electron chi connectivity index (χ3n) is 0. The first-order valence-electron chi connectivity index (χ1n) is 1.02. The number of thioether (sulfide) groups is 1. The zero-order valence-corrected chi connectivity index (χ0v) is 4.70. The van der Waals surface area contributed by atoms with Gasteiger partial charge in [0, 0.05) is 8.41 Å². The van der Waals surface area contributed by atoms with E-state index in [0.29, 0.717) is 0 Å². The van der Waals surface area contributed by atoms with Crippen LogP contribution >= 0.6 is 11.8 Å². The number of hydrogen-bond donors (Lipinski definition) is 2. The minimum Gasteiger partial charge on any atom is -0.255 e. The molecule has 0 aromatic rings. The monoisotopic (exact) mass is 107 g/mol. The highest BCUT2D eigenvalue weighted by atomic mass is 32.2. The van der Waals surface area contributed by atoms with Crippen LogP contribution in [0.25, 0.3) is 0 Å². The first-order valence-corrected chi connectivity index (χ1v) is 2.65. The Bertz CT molecular complexity index is 11.5. The summed E-state index contributed by atoms with van der Waals surface area (Å²) in [5.74, 6) is 0. The minimum atomic E-state index is 0. The van der Waals surface area contributed by atoms with Gasteiger partial charge in [-0.2, -0.15) is 11.8 Å². The lowest BCUT2D eigenvalue weighted by Crippen LogP contribution is -1.29. The maximum absolute atomic E-state index is 6.00. The predicted molar refractivity (Wildman–Crippen MR) is 30.5 cm³/mol. The fourth-order valence-electron chi connectivity index (χ4n) is 0. The molecular weight excluding hydrogens is 98.9 g/mol. The Morgan fingerprint density at radius 1 is 1.17 bits per heavy atom. The van der Waals surface area contributed by atoms with Gasteiger partial charge in [0.1, 0.15) is 0 Å². The molecule has 3 radical (unpaired) electrons. The standard InChI is InChI=1S/C2H6S.B.H2O2/c1-3-2;;1-2/h1-2H3;;1-2H. The van der Waals surface area contributed by atoms with Gasteiger partial charge in [-0.1, -0.05) is 0 Å². The molecule has 6 heavy (non-hydrogen) atoms. The van der Waals surface area contributed by atoms with Crippen molar-refractivity contribution in [1.29, 1.82) is 0 Å². The van der Waals surface area contributed by atoms with E-state index in [2.05, 4.69) is 0 Å². The lowest BCUT2D eigenvalue weighted by molar-refractivity contribution is -0.176. The van der Waals surface area contributed by atoms with Crippen molar-refractivity contribution in [2.24, 2.45) is 0 Å². The maximum atomic E-state index is 6.00. The summed E-state index contributed by atoms with van der Waals surface area (Å²) in [6.45, 7) is 0. The second-order valence-electron chi connectivity index (χ2n) is 0.408. The van der Waals surface area contributed by atoms with Crippen molar-refractivity contribution in [2.45, 2.75) is 0 Å². The first kappa shape index (κ1) is 16.2. The molecule has 0 aliphatic rings. The van der Waals surface area contributed by atoms with Crippen LogP contribution in [0.2, 0.25) is 0 Å². The predicted octanol–water partition coefficient (Wildman–Crippen LogP) is 0.616. The molecule has 0 fully saturated rings. The van der Waals surface area contributed by atoms with Gasteiger partial charge < -0.3 is 0 Å². The molecule has 37 valence electrons. The van der Waals surface area contributed by atoms with Gasteiger partial charge in [0.05, 0.1) is 0 Å². The van der Waals surface area contributed by atoms with E-state index in [-0.39, 0.29) is 8.41 Å². The molecule has 4 heteroatoms. The van der Waals surface area contributed by atoms with Crippen molar-refractivity contribution in [3.05, 3.63) is 0 Å². The van der Waals surface area contributed by atoms with Gasteiger partial charge >= 0.3 is 0 Å². The maximum Gasteiger partial charge on any atom is 0 e. The van der Waals surface area contributed by atoms with E-state index in [9.17, 15) is 0 Å². The summed E-state index contributed by atoms with van der Waals surface area (Å²) in [6, 6.07) is 0. The van der Waals surface area contributed by atoms with Crippen molar-refractivity contribution in [2.75, 3.05) is 12.5 Å². The van der Waals surface area contributed by atoms with Crippen molar-refractivity contribution in [3.8, 4) is 0 Å². The van der Waals surface area contributed by atoms with Gasteiger partial charge in [0.25, 0.3) is 0 Å². The van der Waals surface area contributed by atoms with E-state index < -0.39 is 0 Å². The lowest BCUT2D eigenvalue weighted by atomic mass is 10.8. The van der Waals surface area contributed by atoms with Crippen LogP contribution in [0.4, 0.5) is 0 Å². The van der Waals surface area contributed by atoms with Crippen LogP contribution in [0.3, 0.4) is 0 Å². The highest BCUT2D eigenvalue weighted by Crippen LogP contribution is 1.70. The average Bonchev–Trinajstić information content (AvgIpc) is 1.46. The molecule has 0 rings (SSSR count). The lowest BCUT2D eigenvalue weighted by Gasteiger charge is -1.51. The molecule has 0 aliphatic heterocycles. The normalized spacial score (nSPS) is 4.00. The molecule has 0 atom stereocenters. The summed E-state index contributed by atoms with van der Waals surface area (Å²) < 4.78 is 0. The molecule has 0 unspecified atom stereocenters. The Morgan fingerprint density at radius 3 is 1.17 bits per heavy atom. The second kappa shape index (κ2) is 56.3. The summed E-state index contributed by atoms with van der Waals surface area (Å²) in [5, 5.41) is 12.0. The molecule has 2 N–H and O–H groups in total. The van der Waals surface area contributed by atoms with Gasteiger partial charge in [-0.15, -0.1) is 0 Å². The van der Waals surface area contributed by atoms with Gasteiger partial charge in [-0.3, -0.25) is 10.5 Å². The van der Waals surface area contributed by atoms with Gasteiger partial charge in [-0.05, 0) is 12.5 Å². The first-order chi connectivity index (χ1) is 2.41. The molecule has 0 heterocycles. The van der Waals surface area contributed by atoms with E-state index in [0.717, 1.165) is 0 Å². The summed E-state index contributed by atoms with van der Waals surface area (Å²) >= 11 is 1.75. The SMILES string of the molecule is CSC.OO.[B]. The van der Waals surface area contributed by atoms with Crippen LogP contribution in [0.1, 0.15) is 0 Å². The largest absolute Gasteiger partial charge is 0.255 e. The van der Waals surface area contributed by atoms with Crippen molar-refractivity contribution in [3.63, 3.8) is 0 Å². The topological polar surface area (TPSA) is 40.5 Å². The Hall–Kier alpha value is 0.335. The fraction of sp³-hybridized carbons (Fsp3) is 1.00. The molecule has 0 saturated carbocycles. The van der Waals surface area contributed by atoms with Crippen LogP contribution in [0.15, 0.2) is 0 Å². The molecule has 0 bridgehead atoms. The quantitative estimate of drug-likeness (QED) is 0.270. The fourth-order valence-corrected chi connectivity index (χ4v) is 0. The zero-order valence-electron chi connectivity index (χ0n) is 3.88. The van der Waals surface area contributed by atoms with Crippen LogP contribution in [-0.2, 0) is 0 Å². The van der Waals surface area contributed by atoms with Crippen LogP contribution in [0, 0.1) is 0 Å². The summed E-state index contributed by atoms with van der Waals surface area (Å²) in [6.07, 6.45) is 4.08. The van der Waals surface area contributed by atoms with Gasteiger partial charge in [0.15, 0.2) is 0 Å². The minimum absolute atomic E-state index is 0. The van der Waals surface area contributed by atoms with E-state index in [1.807, 2.05) is 12.5 Å². The molecule has 2 nitrogen and oxygen atoms in total. The average molecular weight is 107 g/mol. The van der Waals surface area contributed by atoms with Crippen LogP contribution in [0.5, 0.6) is 0 Å². The third kappa shape index (κ3) is 430. The number of hydrogen-bond acceptors (Lipinski definition) is 3. The Morgan fingerprint density at radius 2 is 1.17 bits per heavy atom. The summed E-state index contributed by atoms with van der Waals surface area (Å²) in [7, 11) is 0. The molecule has 0 aromatic heterocycles. The Labute approximate surface area is 44.1 Å². The van der Waals surface area contributed by atoms with Gasteiger partial charge in [-0.25, -0.2) is 0 Å². The molecule has 0 saturated heterocycles. The molecule has 0 spiro atoms. The van der Waals surface area contributed by atoms with Crippen LogP contribution in [-0.4, -0.2) is 31.4 Å². The van der Waals surface area contributed by atoms with Crippen molar-refractivity contribution in [1.82, 2.24) is 0 Å². The Balaban J connectivity index is -0.0000000275. The van der Waals surface area contributed by atoms with E-state index >= 15 is 0 Å². The Kier molecular flexibility index (Phi) is 152. The number of rotatable bonds is 0. The second-order valence-corrected chi connectivity index (χ2v) is 1.22. The van der Waals surface area contributed by atoms with Crippen molar-refractivity contribution >= 4 is 20.2 Å². The molecule has 0 amide bonds.